The van der Waals surface area contributed by atoms with Gasteiger partial charge in [0, 0.05) is 5.56 Å². The normalized spacial score (nSPS) is 10.2. The number of halogens is 2. The van der Waals surface area contributed by atoms with Crippen LogP contribution in [0, 0.1) is 15.9 Å². The van der Waals surface area contributed by atoms with Crippen LogP contribution in [0.1, 0.15) is 0 Å². The molecule has 0 spiro atoms. The zero-order valence-corrected chi connectivity index (χ0v) is 9.06. The van der Waals surface area contributed by atoms with E-state index in [1.165, 1.54) is 24.3 Å². The molecule has 86 valence electrons. The fourth-order valence-electron chi connectivity index (χ4n) is 1.34. The van der Waals surface area contributed by atoms with Crippen molar-refractivity contribution in [3.05, 3.63) is 51.7 Å². The highest BCUT2D eigenvalue weighted by Crippen LogP contribution is 2.32. The van der Waals surface area contributed by atoms with Gasteiger partial charge in [-0.05, 0) is 24.3 Å². The van der Waals surface area contributed by atoms with E-state index < -0.39 is 10.7 Å². The topological polar surface area (TPSA) is 68.9 Å². The first kappa shape index (κ1) is 11.4. The van der Waals surface area contributed by atoms with Crippen molar-refractivity contribution in [2.45, 2.75) is 0 Å². The quantitative estimate of drug-likeness (QED) is 0.469. The fourth-order valence-corrected chi connectivity index (χ4v) is 1.54. The summed E-state index contributed by atoms with van der Waals surface area (Å²) >= 11 is 5.64. The van der Waals surface area contributed by atoms with E-state index >= 15 is 0 Å². The number of hydrogen-bond acceptors (Lipinski definition) is 4. The summed E-state index contributed by atoms with van der Waals surface area (Å²) in [6.45, 7) is 0. The van der Waals surface area contributed by atoms with E-state index in [0.717, 1.165) is 6.33 Å². The van der Waals surface area contributed by atoms with Gasteiger partial charge in [0.2, 0.25) is 5.15 Å². The summed E-state index contributed by atoms with van der Waals surface area (Å²) in [5.41, 5.74) is 0.0816. The minimum absolute atomic E-state index is 0.0648. The van der Waals surface area contributed by atoms with Crippen molar-refractivity contribution in [2.24, 2.45) is 0 Å². The van der Waals surface area contributed by atoms with Crippen molar-refractivity contribution in [1.82, 2.24) is 9.97 Å². The number of aromatic nitrogens is 2. The van der Waals surface area contributed by atoms with Gasteiger partial charge < -0.3 is 0 Å². The van der Waals surface area contributed by atoms with Crippen molar-refractivity contribution in [3.8, 4) is 11.3 Å². The maximum atomic E-state index is 12.7. The van der Waals surface area contributed by atoms with E-state index in [-0.39, 0.29) is 16.5 Å². The van der Waals surface area contributed by atoms with Crippen LogP contribution in [0.5, 0.6) is 0 Å². The molecule has 1 aromatic carbocycles. The molecule has 0 aliphatic carbocycles. The van der Waals surface area contributed by atoms with Crippen molar-refractivity contribution in [3.63, 3.8) is 0 Å². The summed E-state index contributed by atoms with van der Waals surface area (Å²) in [6, 6.07) is 5.16. The van der Waals surface area contributed by atoms with Crippen LogP contribution in [-0.2, 0) is 0 Å². The molecule has 0 atom stereocenters. The molecule has 2 rings (SSSR count). The van der Waals surface area contributed by atoms with Crippen LogP contribution in [0.3, 0.4) is 0 Å². The number of benzene rings is 1. The molecule has 0 radical (unpaired) electrons. The lowest BCUT2D eigenvalue weighted by Gasteiger charge is -2.02. The van der Waals surface area contributed by atoms with Gasteiger partial charge in [0.15, 0.2) is 5.69 Å². The minimum atomic E-state index is -0.666. The highest BCUT2D eigenvalue weighted by molar-refractivity contribution is 6.31. The third-order valence-corrected chi connectivity index (χ3v) is 2.35. The first-order valence-corrected chi connectivity index (χ1v) is 4.88. The molecule has 17 heavy (non-hydrogen) atoms. The van der Waals surface area contributed by atoms with Crippen LogP contribution in [0.25, 0.3) is 11.3 Å². The van der Waals surface area contributed by atoms with Gasteiger partial charge in [-0.2, -0.15) is 0 Å². The van der Waals surface area contributed by atoms with Crippen LogP contribution < -0.4 is 0 Å². The van der Waals surface area contributed by atoms with Gasteiger partial charge >= 0.3 is 5.69 Å². The van der Waals surface area contributed by atoms with Gasteiger partial charge in [0.1, 0.15) is 12.1 Å². The number of nitro groups is 1. The van der Waals surface area contributed by atoms with Gasteiger partial charge in [0.05, 0.1) is 4.92 Å². The van der Waals surface area contributed by atoms with Crippen molar-refractivity contribution >= 4 is 17.3 Å². The van der Waals surface area contributed by atoms with Crippen LogP contribution in [0.2, 0.25) is 5.15 Å². The second kappa shape index (κ2) is 4.42. The Labute approximate surface area is 100 Å². The van der Waals surface area contributed by atoms with E-state index in [1.807, 2.05) is 0 Å². The molecule has 7 heteroatoms. The Hall–Kier alpha value is -2.08. The van der Waals surface area contributed by atoms with E-state index in [9.17, 15) is 14.5 Å². The summed E-state index contributed by atoms with van der Waals surface area (Å²) in [7, 11) is 0. The van der Waals surface area contributed by atoms with E-state index in [4.69, 9.17) is 11.6 Å². The van der Waals surface area contributed by atoms with Gasteiger partial charge in [-0.1, -0.05) is 11.6 Å². The maximum absolute atomic E-state index is 12.7. The van der Waals surface area contributed by atoms with Gasteiger partial charge in [0.25, 0.3) is 0 Å². The summed E-state index contributed by atoms with van der Waals surface area (Å²) in [5, 5.41) is 10.6. The van der Waals surface area contributed by atoms with Crippen molar-refractivity contribution < 1.29 is 9.31 Å². The number of nitrogens with zero attached hydrogens (tertiary/aromatic N) is 3. The zero-order chi connectivity index (χ0) is 12.4. The van der Waals surface area contributed by atoms with Crippen molar-refractivity contribution in [1.29, 1.82) is 0 Å². The highest BCUT2D eigenvalue weighted by Gasteiger charge is 2.22. The molecule has 0 fully saturated rings. The number of rotatable bonds is 2. The third kappa shape index (κ3) is 2.21. The lowest BCUT2D eigenvalue weighted by molar-refractivity contribution is -0.384. The second-order valence-corrected chi connectivity index (χ2v) is 3.48. The Balaban J connectivity index is 2.63. The second-order valence-electron chi connectivity index (χ2n) is 3.13. The van der Waals surface area contributed by atoms with E-state index in [1.54, 1.807) is 0 Å². The minimum Gasteiger partial charge on any atom is -0.258 e. The molecule has 0 aliphatic rings. The largest absolute Gasteiger partial charge is 0.332 e. The smallest absolute Gasteiger partial charge is 0.258 e. The van der Waals surface area contributed by atoms with Gasteiger partial charge in [-0.15, -0.1) is 0 Å². The Kier molecular flexibility index (Phi) is 2.97. The van der Waals surface area contributed by atoms with Crippen LogP contribution in [0.4, 0.5) is 10.1 Å². The molecule has 1 heterocycles. The molecule has 0 saturated heterocycles. The molecule has 0 amide bonds. The Morgan fingerprint density at radius 3 is 2.47 bits per heavy atom. The Bertz CT molecular complexity index is 574. The molecule has 0 N–H and O–H groups in total. The maximum Gasteiger partial charge on any atom is 0.332 e. The molecule has 2 aromatic rings. The molecular weight excluding hydrogens is 249 g/mol. The molecule has 5 nitrogen and oxygen atoms in total. The lowest BCUT2D eigenvalue weighted by Crippen LogP contribution is -1.97. The molecule has 0 unspecified atom stereocenters. The fraction of sp³-hybridized carbons (Fsp3) is 0. The SMILES string of the molecule is O=[N+]([O-])c1c(Cl)ncnc1-c1ccc(F)cc1. The highest BCUT2D eigenvalue weighted by atomic mass is 35.5. The number of hydrogen-bond donors (Lipinski definition) is 0. The summed E-state index contributed by atoms with van der Waals surface area (Å²) in [4.78, 5) is 17.5. The lowest BCUT2D eigenvalue weighted by atomic mass is 10.1. The molecule has 0 bridgehead atoms. The first-order valence-electron chi connectivity index (χ1n) is 4.50. The standard InChI is InChI=1S/C10H5ClFN3O2/c11-10-9(15(16)17)8(13-5-14-10)6-1-3-7(12)4-2-6/h1-5H. The third-order valence-electron chi connectivity index (χ3n) is 2.08. The Morgan fingerprint density at radius 2 is 1.88 bits per heavy atom. The van der Waals surface area contributed by atoms with Crippen LogP contribution in [-0.4, -0.2) is 14.9 Å². The molecular formula is C10H5ClFN3O2. The molecule has 0 saturated carbocycles. The summed E-state index contributed by atoms with van der Waals surface area (Å²) in [5.74, 6) is -0.434. The Morgan fingerprint density at radius 1 is 1.24 bits per heavy atom. The van der Waals surface area contributed by atoms with Crippen LogP contribution in [0.15, 0.2) is 30.6 Å². The van der Waals surface area contributed by atoms with Gasteiger partial charge in [-0.3, -0.25) is 10.1 Å². The zero-order valence-electron chi connectivity index (χ0n) is 8.30. The summed E-state index contributed by atoms with van der Waals surface area (Å²) in [6.07, 6.45) is 1.12. The predicted molar refractivity (Wildman–Crippen MR) is 59.1 cm³/mol. The van der Waals surface area contributed by atoms with E-state index in [2.05, 4.69) is 9.97 Å². The average molecular weight is 254 g/mol. The van der Waals surface area contributed by atoms with Gasteiger partial charge in [-0.25, -0.2) is 14.4 Å². The first-order chi connectivity index (χ1) is 8.09. The predicted octanol–water partition coefficient (Wildman–Crippen LogP) is 2.84. The molecule has 0 aliphatic heterocycles. The van der Waals surface area contributed by atoms with Crippen LogP contribution >= 0.6 is 11.6 Å². The molecule has 1 aromatic heterocycles. The van der Waals surface area contributed by atoms with Crippen molar-refractivity contribution in [2.75, 3.05) is 0 Å². The monoisotopic (exact) mass is 253 g/mol. The average Bonchev–Trinajstić information content (AvgIpc) is 2.29. The van der Waals surface area contributed by atoms with E-state index in [0.29, 0.717) is 5.56 Å². The summed E-state index contributed by atoms with van der Waals surface area (Å²) < 4.78 is 12.7.